The lowest BCUT2D eigenvalue weighted by Crippen LogP contribution is -2.41. The lowest BCUT2D eigenvalue weighted by Gasteiger charge is -2.36. The van der Waals surface area contributed by atoms with Gasteiger partial charge in [-0.1, -0.05) is 12.1 Å². The van der Waals surface area contributed by atoms with Crippen LogP contribution in [0.2, 0.25) is 0 Å². The molecule has 1 aliphatic rings. The van der Waals surface area contributed by atoms with Gasteiger partial charge in [-0.2, -0.15) is 0 Å². The molecule has 0 radical (unpaired) electrons. The maximum Gasteiger partial charge on any atom is 0.0761 e. The maximum absolute atomic E-state index is 9.51. The Morgan fingerprint density at radius 2 is 1.78 bits per heavy atom. The van der Waals surface area contributed by atoms with Gasteiger partial charge in [0.1, 0.15) is 0 Å². The molecule has 1 aromatic carbocycles. The number of benzene rings is 1. The summed E-state index contributed by atoms with van der Waals surface area (Å²) in [4.78, 5) is 4.76. The standard InChI is InChI=1S/C15H24N2O/c1-12(18)13-4-6-14(7-5-13)17(3)15-8-10-16(2)11-9-15/h4-7,12,15,18H,8-11H2,1-3H3. The number of hydrogen-bond donors (Lipinski definition) is 1. The number of anilines is 1. The zero-order valence-electron chi connectivity index (χ0n) is 11.6. The van der Waals surface area contributed by atoms with E-state index in [1.54, 1.807) is 6.92 Å². The van der Waals surface area contributed by atoms with Crippen LogP contribution in [0.3, 0.4) is 0 Å². The van der Waals surface area contributed by atoms with Gasteiger partial charge in [0.25, 0.3) is 0 Å². The number of piperidine rings is 1. The van der Waals surface area contributed by atoms with E-state index in [0.29, 0.717) is 6.04 Å². The topological polar surface area (TPSA) is 26.7 Å². The molecule has 1 N–H and O–H groups in total. The first-order chi connectivity index (χ1) is 8.58. The highest BCUT2D eigenvalue weighted by atomic mass is 16.3. The third kappa shape index (κ3) is 3.03. The molecule has 0 aliphatic carbocycles. The fourth-order valence-electron chi connectivity index (χ4n) is 2.58. The lowest BCUT2D eigenvalue weighted by molar-refractivity contribution is 0.199. The van der Waals surface area contributed by atoms with Crippen LogP contribution in [-0.2, 0) is 0 Å². The van der Waals surface area contributed by atoms with Crippen molar-refractivity contribution in [3.8, 4) is 0 Å². The highest BCUT2D eigenvalue weighted by molar-refractivity contribution is 5.48. The SMILES string of the molecule is CC(O)c1ccc(N(C)C2CCN(C)CC2)cc1. The van der Waals surface area contributed by atoms with Crippen LogP contribution in [0.5, 0.6) is 0 Å². The van der Waals surface area contributed by atoms with E-state index in [0.717, 1.165) is 5.56 Å². The second-order valence-electron chi connectivity index (χ2n) is 5.41. The second-order valence-corrected chi connectivity index (χ2v) is 5.41. The molecular weight excluding hydrogens is 224 g/mol. The van der Waals surface area contributed by atoms with E-state index < -0.39 is 0 Å². The van der Waals surface area contributed by atoms with Crippen molar-refractivity contribution in [2.75, 3.05) is 32.1 Å². The van der Waals surface area contributed by atoms with Gasteiger partial charge in [-0.05, 0) is 57.6 Å². The summed E-state index contributed by atoms with van der Waals surface area (Å²) in [5.41, 5.74) is 2.23. The fraction of sp³-hybridized carbons (Fsp3) is 0.600. The van der Waals surface area contributed by atoms with Crippen molar-refractivity contribution in [1.29, 1.82) is 0 Å². The summed E-state index contributed by atoms with van der Waals surface area (Å²) in [6.07, 6.45) is 2.07. The van der Waals surface area contributed by atoms with Crippen LogP contribution in [0.25, 0.3) is 0 Å². The molecule has 0 bridgehead atoms. The van der Waals surface area contributed by atoms with E-state index in [4.69, 9.17) is 0 Å². The van der Waals surface area contributed by atoms with Gasteiger partial charge in [0, 0.05) is 18.8 Å². The van der Waals surface area contributed by atoms with Crippen LogP contribution in [0.15, 0.2) is 24.3 Å². The first-order valence-corrected chi connectivity index (χ1v) is 6.77. The number of aliphatic hydroxyl groups excluding tert-OH is 1. The lowest BCUT2D eigenvalue weighted by atomic mass is 10.0. The molecule has 1 unspecified atom stereocenters. The van der Waals surface area contributed by atoms with E-state index >= 15 is 0 Å². The number of hydrogen-bond acceptors (Lipinski definition) is 3. The Bertz CT molecular complexity index is 367. The van der Waals surface area contributed by atoms with E-state index in [1.165, 1.54) is 31.6 Å². The molecule has 0 aromatic heterocycles. The van der Waals surface area contributed by atoms with Gasteiger partial charge < -0.3 is 14.9 Å². The van der Waals surface area contributed by atoms with Crippen molar-refractivity contribution in [1.82, 2.24) is 4.90 Å². The van der Waals surface area contributed by atoms with Gasteiger partial charge in [-0.15, -0.1) is 0 Å². The molecule has 1 fully saturated rings. The van der Waals surface area contributed by atoms with E-state index in [-0.39, 0.29) is 6.10 Å². The van der Waals surface area contributed by atoms with Crippen molar-refractivity contribution in [3.63, 3.8) is 0 Å². The van der Waals surface area contributed by atoms with Crippen LogP contribution in [-0.4, -0.2) is 43.2 Å². The monoisotopic (exact) mass is 248 g/mol. The first-order valence-electron chi connectivity index (χ1n) is 6.77. The molecule has 2 rings (SSSR count). The highest BCUT2D eigenvalue weighted by Gasteiger charge is 2.20. The van der Waals surface area contributed by atoms with Crippen LogP contribution in [0.1, 0.15) is 31.4 Å². The van der Waals surface area contributed by atoms with Crippen LogP contribution in [0.4, 0.5) is 5.69 Å². The van der Waals surface area contributed by atoms with Crippen molar-refractivity contribution in [2.45, 2.75) is 31.9 Å². The Morgan fingerprint density at radius 1 is 1.22 bits per heavy atom. The molecule has 100 valence electrons. The minimum absolute atomic E-state index is 0.382. The van der Waals surface area contributed by atoms with Gasteiger partial charge in [0.05, 0.1) is 6.10 Å². The Labute approximate surface area is 110 Å². The Hall–Kier alpha value is -1.06. The predicted molar refractivity (Wildman–Crippen MR) is 76.0 cm³/mol. The smallest absolute Gasteiger partial charge is 0.0761 e. The minimum atomic E-state index is -0.382. The summed E-state index contributed by atoms with van der Waals surface area (Å²) >= 11 is 0. The molecular formula is C15H24N2O. The van der Waals surface area contributed by atoms with E-state index in [1.807, 2.05) is 12.1 Å². The molecule has 3 nitrogen and oxygen atoms in total. The Balaban J connectivity index is 2.02. The molecule has 3 heteroatoms. The van der Waals surface area contributed by atoms with Gasteiger partial charge in [0.2, 0.25) is 0 Å². The van der Waals surface area contributed by atoms with Gasteiger partial charge in [-0.3, -0.25) is 0 Å². The quantitative estimate of drug-likeness (QED) is 0.889. The van der Waals surface area contributed by atoms with E-state index in [9.17, 15) is 5.11 Å². The summed E-state index contributed by atoms with van der Waals surface area (Å²) in [7, 11) is 4.36. The molecule has 0 amide bonds. The molecule has 18 heavy (non-hydrogen) atoms. The predicted octanol–water partition coefficient (Wildman–Crippen LogP) is 2.27. The van der Waals surface area contributed by atoms with Crippen LogP contribution < -0.4 is 4.90 Å². The minimum Gasteiger partial charge on any atom is -0.389 e. The third-order valence-corrected chi connectivity index (χ3v) is 4.02. The first kappa shape index (κ1) is 13.4. The molecule has 0 saturated carbocycles. The molecule has 1 aromatic rings. The summed E-state index contributed by atoms with van der Waals surface area (Å²) in [5.74, 6) is 0. The van der Waals surface area contributed by atoms with E-state index in [2.05, 4.69) is 36.0 Å². The average Bonchev–Trinajstić information content (AvgIpc) is 2.39. The summed E-state index contributed by atoms with van der Waals surface area (Å²) < 4.78 is 0. The molecule has 0 spiro atoms. The highest BCUT2D eigenvalue weighted by Crippen LogP contribution is 2.23. The average molecular weight is 248 g/mol. The largest absolute Gasteiger partial charge is 0.389 e. The zero-order chi connectivity index (χ0) is 13.1. The van der Waals surface area contributed by atoms with Gasteiger partial charge in [0.15, 0.2) is 0 Å². The van der Waals surface area contributed by atoms with Gasteiger partial charge in [-0.25, -0.2) is 0 Å². The van der Waals surface area contributed by atoms with Crippen molar-refractivity contribution in [3.05, 3.63) is 29.8 Å². The molecule has 1 atom stereocenters. The number of aliphatic hydroxyl groups is 1. The van der Waals surface area contributed by atoms with Crippen molar-refractivity contribution >= 4 is 5.69 Å². The number of likely N-dealkylation sites (tertiary alicyclic amines) is 1. The molecule has 1 saturated heterocycles. The zero-order valence-corrected chi connectivity index (χ0v) is 11.6. The van der Waals surface area contributed by atoms with Gasteiger partial charge >= 0.3 is 0 Å². The second kappa shape index (κ2) is 5.72. The third-order valence-electron chi connectivity index (χ3n) is 4.02. The van der Waals surface area contributed by atoms with Crippen LogP contribution >= 0.6 is 0 Å². The number of nitrogens with zero attached hydrogens (tertiary/aromatic N) is 2. The van der Waals surface area contributed by atoms with Crippen LogP contribution in [0, 0.1) is 0 Å². The summed E-state index contributed by atoms with van der Waals surface area (Å²) in [6, 6.07) is 8.90. The van der Waals surface area contributed by atoms with Crippen molar-refractivity contribution < 1.29 is 5.11 Å². The summed E-state index contributed by atoms with van der Waals surface area (Å²) in [5, 5.41) is 9.51. The fourth-order valence-corrected chi connectivity index (χ4v) is 2.58. The Kier molecular flexibility index (Phi) is 4.25. The summed E-state index contributed by atoms with van der Waals surface area (Å²) in [6.45, 7) is 4.16. The maximum atomic E-state index is 9.51. The molecule has 1 heterocycles. The number of rotatable bonds is 3. The van der Waals surface area contributed by atoms with Crippen molar-refractivity contribution in [2.24, 2.45) is 0 Å². The Morgan fingerprint density at radius 3 is 2.28 bits per heavy atom. The normalized spacial score (nSPS) is 19.8. The molecule has 1 aliphatic heterocycles.